The number of hydrogen-bond donors (Lipinski definition) is 1. The Bertz CT molecular complexity index is 433. The second kappa shape index (κ2) is 5.00. The SMILES string of the molecule is CSc1cccc(N2CCC(C)C2)c1C(=O)O. The molecule has 1 fully saturated rings. The van der Waals surface area contributed by atoms with Gasteiger partial charge in [0.25, 0.3) is 0 Å². The minimum atomic E-state index is -0.829. The smallest absolute Gasteiger partial charge is 0.338 e. The van der Waals surface area contributed by atoms with Crippen LogP contribution < -0.4 is 4.90 Å². The van der Waals surface area contributed by atoms with Gasteiger partial charge >= 0.3 is 5.97 Å². The molecule has 17 heavy (non-hydrogen) atoms. The first-order chi connectivity index (χ1) is 8.13. The molecule has 0 saturated carbocycles. The van der Waals surface area contributed by atoms with E-state index in [1.54, 1.807) is 0 Å². The van der Waals surface area contributed by atoms with Crippen LogP contribution in [0, 0.1) is 5.92 Å². The molecule has 0 bridgehead atoms. The van der Waals surface area contributed by atoms with Crippen molar-refractivity contribution < 1.29 is 9.90 Å². The third-order valence-corrected chi connectivity index (χ3v) is 3.98. The second-order valence-corrected chi connectivity index (χ2v) is 5.35. The monoisotopic (exact) mass is 251 g/mol. The molecule has 1 aliphatic heterocycles. The maximum absolute atomic E-state index is 11.4. The van der Waals surface area contributed by atoms with E-state index in [9.17, 15) is 9.90 Å². The number of hydrogen-bond acceptors (Lipinski definition) is 3. The van der Waals surface area contributed by atoms with Crippen molar-refractivity contribution in [1.29, 1.82) is 0 Å². The molecule has 1 atom stereocenters. The fourth-order valence-electron chi connectivity index (χ4n) is 2.32. The van der Waals surface area contributed by atoms with Gasteiger partial charge in [0.2, 0.25) is 0 Å². The lowest BCUT2D eigenvalue weighted by molar-refractivity contribution is 0.0694. The summed E-state index contributed by atoms with van der Waals surface area (Å²) in [5.74, 6) is -0.181. The van der Waals surface area contributed by atoms with Crippen LogP contribution in [0.4, 0.5) is 5.69 Å². The summed E-state index contributed by atoms with van der Waals surface area (Å²) in [7, 11) is 0. The van der Waals surface area contributed by atoms with Crippen molar-refractivity contribution in [2.45, 2.75) is 18.2 Å². The minimum Gasteiger partial charge on any atom is -0.478 e. The normalized spacial score (nSPS) is 19.6. The number of benzene rings is 1. The fourth-order valence-corrected chi connectivity index (χ4v) is 2.93. The summed E-state index contributed by atoms with van der Waals surface area (Å²) < 4.78 is 0. The topological polar surface area (TPSA) is 40.5 Å². The number of thioether (sulfide) groups is 1. The Hall–Kier alpha value is -1.16. The van der Waals surface area contributed by atoms with Crippen molar-refractivity contribution in [1.82, 2.24) is 0 Å². The number of carbonyl (C=O) groups is 1. The van der Waals surface area contributed by atoms with Crippen LogP contribution in [0.15, 0.2) is 23.1 Å². The molecule has 1 N–H and O–H groups in total. The van der Waals surface area contributed by atoms with Gasteiger partial charge < -0.3 is 10.0 Å². The van der Waals surface area contributed by atoms with E-state index < -0.39 is 5.97 Å². The summed E-state index contributed by atoms with van der Waals surface area (Å²) in [4.78, 5) is 14.4. The van der Waals surface area contributed by atoms with E-state index in [1.807, 2.05) is 24.5 Å². The molecule has 1 aliphatic rings. The molecular formula is C13H17NO2S. The van der Waals surface area contributed by atoms with Gasteiger partial charge in [0.15, 0.2) is 0 Å². The molecule has 3 nitrogen and oxygen atoms in total. The van der Waals surface area contributed by atoms with Gasteiger partial charge in [-0.05, 0) is 30.7 Å². The summed E-state index contributed by atoms with van der Waals surface area (Å²) in [6.07, 6.45) is 3.06. The van der Waals surface area contributed by atoms with Gasteiger partial charge in [0.1, 0.15) is 0 Å². The lowest BCUT2D eigenvalue weighted by Gasteiger charge is -2.21. The highest BCUT2D eigenvalue weighted by molar-refractivity contribution is 7.98. The summed E-state index contributed by atoms with van der Waals surface area (Å²) in [6, 6.07) is 5.73. The van der Waals surface area contributed by atoms with Gasteiger partial charge in [-0.3, -0.25) is 0 Å². The average molecular weight is 251 g/mol. The van der Waals surface area contributed by atoms with Gasteiger partial charge in [0.05, 0.1) is 11.3 Å². The van der Waals surface area contributed by atoms with Crippen LogP contribution in [0.3, 0.4) is 0 Å². The van der Waals surface area contributed by atoms with Gasteiger partial charge in [-0.2, -0.15) is 0 Å². The quantitative estimate of drug-likeness (QED) is 0.838. The van der Waals surface area contributed by atoms with E-state index >= 15 is 0 Å². The number of carboxylic acids is 1. The summed E-state index contributed by atoms with van der Waals surface area (Å²) in [6.45, 7) is 4.12. The first-order valence-corrected chi connectivity index (χ1v) is 7.01. The average Bonchev–Trinajstić information content (AvgIpc) is 2.74. The highest BCUT2D eigenvalue weighted by Crippen LogP contribution is 2.32. The van der Waals surface area contributed by atoms with Crippen molar-refractivity contribution in [2.75, 3.05) is 24.2 Å². The molecule has 4 heteroatoms. The molecule has 1 heterocycles. The number of nitrogens with zero attached hydrogens (tertiary/aromatic N) is 1. The first kappa shape index (κ1) is 12.3. The molecule has 2 rings (SSSR count). The molecule has 0 radical (unpaired) electrons. The zero-order chi connectivity index (χ0) is 12.4. The largest absolute Gasteiger partial charge is 0.478 e. The predicted molar refractivity (Wildman–Crippen MR) is 71.2 cm³/mol. The van der Waals surface area contributed by atoms with Gasteiger partial charge in [-0.15, -0.1) is 11.8 Å². The van der Waals surface area contributed by atoms with E-state index in [0.29, 0.717) is 11.5 Å². The predicted octanol–water partition coefficient (Wildman–Crippen LogP) is 2.95. The Labute approximate surface area is 106 Å². The van der Waals surface area contributed by atoms with Crippen LogP contribution >= 0.6 is 11.8 Å². The van der Waals surface area contributed by atoms with E-state index in [0.717, 1.165) is 30.1 Å². The second-order valence-electron chi connectivity index (χ2n) is 4.50. The van der Waals surface area contributed by atoms with Gasteiger partial charge in [-0.25, -0.2) is 4.79 Å². The molecule has 0 aromatic heterocycles. The van der Waals surface area contributed by atoms with Crippen molar-refractivity contribution in [3.63, 3.8) is 0 Å². The Kier molecular flexibility index (Phi) is 3.62. The highest BCUT2D eigenvalue weighted by Gasteiger charge is 2.24. The standard InChI is InChI=1S/C13H17NO2S/c1-9-6-7-14(8-9)10-4-3-5-11(17-2)12(10)13(15)16/h3-5,9H,6-8H2,1-2H3,(H,15,16). The maximum Gasteiger partial charge on any atom is 0.338 e. The number of aromatic carboxylic acids is 1. The Balaban J connectivity index is 2.42. The van der Waals surface area contributed by atoms with Crippen LogP contribution in [0.1, 0.15) is 23.7 Å². The van der Waals surface area contributed by atoms with Crippen LogP contribution in [0.25, 0.3) is 0 Å². The van der Waals surface area contributed by atoms with Crippen LogP contribution in [-0.4, -0.2) is 30.4 Å². The fraction of sp³-hybridized carbons (Fsp3) is 0.462. The third-order valence-electron chi connectivity index (χ3n) is 3.20. The van der Waals surface area contributed by atoms with Crippen molar-refractivity contribution in [3.05, 3.63) is 23.8 Å². The zero-order valence-electron chi connectivity index (χ0n) is 10.1. The minimum absolute atomic E-state index is 0.453. The highest BCUT2D eigenvalue weighted by atomic mass is 32.2. The number of anilines is 1. The maximum atomic E-state index is 11.4. The van der Waals surface area contributed by atoms with Crippen LogP contribution in [0.2, 0.25) is 0 Å². The Morgan fingerprint density at radius 2 is 2.29 bits per heavy atom. The third kappa shape index (κ3) is 2.41. The number of carboxylic acid groups (broad SMARTS) is 1. The van der Waals surface area contributed by atoms with Crippen molar-refractivity contribution >= 4 is 23.4 Å². The molecule has 92 valence electrons. The lowest BCUT2D eigenvalue weighted by Crippen LogP contribution is -2.22. The number of rotatable bonds is 3. The molecule has 1 unspecified atom stereocenters. The Morgan fingerprint density at radius 1 is 1.53 bits per heavy atom. The lowest BCUT2D eigenvalue weighted by atomic mass is 10.1. The van der Waals surface area contributed by atoms with E-state index in [-0.39, 0.29) is 0 Å². The van der Waals surface area contributed by atoms with Crippen molar-refractivity contribution in [2.24, 2.45) is 5.92 Å². The summed E-state index contributed by atoms with van der Waals surface area (Å²) in [5, 5.41) is 9.36. The molecule has 0 aliphatic carbocycles. The zero-order valence-corrected chi connectivity index (χ0v) is 11.0. The van der Waals surface area contributed by atoms with Crippen LogP contribution in [-0.2, 0) is 0 Å². The molecule has 1 saturated heterocycles. The first-order valence-electron chi connectivity index (χ1n) is 5.78. The molecular weight excluding hydrogens is 234 g/mol. The van der Waals surface area contributed by atoms with E-state index in [1.165, 1.54) is 11.8 Å². The summed E-state index contributed by atoms with van der Waals surface area (Å²) in [5.41, 5.74) is 1.32. The molecule has 0 amide bonds. The van der Waals surface area contributed by atoms with Gasteiger partial charge in [0, 0.05) is 18.0 Å². The Morgan fingerprint density at radius 3 is 2.82 bits per heavy atom. The van der Waals surface area contributed by atoms with E-state index in [4.69, 9.17) is 0 Å². The molecule has 1 aromatic carbocycles. The van der Waals surface area contributed by atoms with E-state index in [2.05, 4.69) is 11.8 Å². The molecule has 1 aromatic rings. The molecule has 0 spiro atoms. The van der Waals surface area contributed by atoms with Crippen molar-refractivity contribution in [3.8, 4) is 0 Å². The summed E-state index contributed by atoms with van der Waals surface area (Å²) >= 11 is 1.49. The van der Waals surface area contributed by atoms with Gasteiger partial charge in [-0.1, -0.05) is 13.0 Å². The van der Waals surface area contributed by atoms with Crippen LogP contribution in [0.5, 0.6) is 0 Å².